The van der Waals surface area contributed by atoms with E-state index in [4.69, 9.17) is 21.4 Å². The van der Waals surface area contributed by atoms with Gasteiger partial charge in [0.05, 0.1) is 12.2 Å². The molecule has 7 nitrogen and oxygen atoms in total. The molecule has 0 unspecified atom stereocenters. The number of Topliss-reactive ketones (excluding diaryl/α,β-unsaturated/α-hetero) is 1. The van der Waals surface area contributed by atoms with Crippen molar-refractivity contribution in [1.29, 1.82) is 5.26 Å². The number of carboxylic acid groups (broad SMARTS) is 1. The molecular weight excluding hydrogens is 478 g/mol. The van der Waals surface area contributed by atoms with Crippen LogP contribution in [-0.4, -0.2) is 33.0 Å². The number of benzene rings is 1. The summed E-state index contributed by atoms with van der Waals surface area (Å²) in [5.74, 6) is -1.31. The Bertz CT molecular complexity index is 1340. The number of rotatable bonds is 12. The number of ketones is 1. The molecule has 1 N–H and O–H groups in total. The maximum absolute atomic E-state index is 13.5. The van der Waals surface area contributed by atoms with Crippen molar-refractivity contribution < 1.29 is 19.4 Å². The third-order valence-electron chi connectivity index (χ3n) is 7.05. The molecule has 1 saturated carbocycles. The van der Waals surface area contributed by atoms with Crippen LogP contribution in [0.1, 0.15) is 66.2 Å². The number of fused-ring (bicyclic) bond motifs is 1. The number of nitrogens with zero attached hydrogens (tertiary/aromatic N) is 3. The van der Waals surface area contributed by atoms with Crippen molar-refractivity contribution in [3.8, 4) is 6.07 Å². The number of nitriles is 1. The van der Waals surface area contributed by atoms with Gasteiger partial charge in [-0.1, -0.05) is 30.7 Å². The first-order valence-electron chi connectivity index (χ1n) is 12.2. The van der Waals surface area contributed by atoms with Gasteiger partial charge in [0.2, 0.25) is 0 Å². The minimum atomic E-state index is -0.920. The maximum Gasteiger partial charge on any atom is 0.303 e. The first-order valence-corrected chi connectivity index (χ1v) is 12.5. The summed E-state index contributed by atoms with van der Waals surface area (Å²) in [5.41, 5.74) is 3.60. The molecule has 1 aliphatic rings. The maximum atomic E-state index is 13.5. The van der Waals surface area contributed by atoms with E-state index in [-0.39, 0.29) is 30.0 Å². The SMILES string of the molecule is C[C@H](CC(=O)O)CC(=O)c1c(CC2(CCOCc3cccc(Cl)c3)CC2)n(C)c2ncc(C#N)cc12. The summed E-state index contributed by atoms with van der Waals surface area (Å²) in [6.07, 6.45) is 5.26. The molecule has 36 heavy (non-hydrogen) atoms. The van der Waals surface area contributed by atoms with E-state index in [0.29, 0.717) is 46.8 Å². The van der Waals surface area contributed by atoms with Gasteiger partial charge in [-0.2, -0.15) is 5.26 Å². The Morgan fingerprint density at radius 1 is 1.31 bits per heavy atom. The van der Waals surface area contributed by atoms with Crippen molar-refractivity contribution >= 4 is 34.4 Å². The molecule has 0 radical (unpaired) electrons. The van der Waals surface area contributed by atoms with Crippen molar-refractivity contribution in [1.82, 2.24) is 9.55 Å². The molecular formula is C28H30ClN3O4. The van der Waals surface area contributed by atoms with Gasteiger partial charge in [-0.05, 0) is 60.8 Å². The van der Waals surface area contributed by atoms with Crippen LogP contribution in [0, 0.1) is 22.7 Å². The van der Waals surface area contributed by atoms with Crippen LogP contribution in [0.3, 0.4) is 0 Å². The highest BCUT2D eigenvalue weighted by Crippen LogP contribution is 2.52. The Kier molecular flexibility index (Phi) is 7.77. The monoisotopic (exact) mass is 507 g/mol. The van der Waals surface area contributed by atoms with Crippen LogP contribution in [0.4, 0.5) is 0 Å². The predicted octanol–water partition coefficient (Wildman–Crippen LogP) is 5.71. The Labute approximate surface area is 215 Å². The molecule has 1 aliphatic carbocycles. The van der Waals surface area contributed by atoms with Crippen molar-refractivity contribution in [2.24, 2.45) is 18.4 Å². The van der Waals surface area contributed by atoms with E-state index in [0.717, 1.165) is 30.5 Å². The second kappa shape index (κ2) is 10.8. The van der Waals surface area contributed by atoms with Gasteiger partial charge in [0.25, 0.3) is 0 Å². The van der Waals surface area contributed by atoms with Crippen molar-refractivity contribution in [3.05, 3.63) is 63.9 Å². The van der Waals surface area contributed by atoms with Gasteiger partial charge in [-0.3, -0.25) is 9.59 Å². The quantitative estimate of drug-likeness (QED) is 0.248. The number of carboxylic acids is 1. The van der Waals surface area contributed by atoms with E-state index in [1.807, 2.05) is 35.9 Å². The van der Waals surface area contributed by atoms with Crippen molar-refractivity contribution in [2.45, 2.75) is 52.1 Å². The topological polar surface area (TPSA) is 105 Å². The lowest BCUT2D eigenvalue weighted by Gasteiger charge is -2.18. The molecule has 3 aromatic rings. The number of aromatic nitrogens is 2. The highest BCUT2D eigenvalue weighted by molar-refractivity contribution is 6.30. The van der Waals surface area contributed by atoms with Crippen LogP contribution in [0.2, 0.25) is 5.02 Å². The Hall–Kier alpha value is -3.21. The third-order valence-corrected chi connectivity index (χ3v) is 7.28. The first kappa shape index (κ1) is 25.9. The molecule has 4 rings (SSSR count). The van der Waals surface area contributed by atoms with E-state index in [2.05, 4.69) is 11.1 Å². The van der Waals surface area contributed by atoms with Crippen LogP contribution in [0.25, 0.3) is 11.0 Å². The van der Waals surface area contributed by atoms with Crippen LogP contribution in [0.5, 0.6) is 0 Å². The number of pyridine rings is 1. The normalized spacial score (nSPS) is 14.9. The average Bonchev–Trinajstić information content (AvgIpc) is 3.54. The molecule has 0 aliphatic heterocycles. The number of carbonyl (C=O) groups is 2. The second-order valence-corrected chi connectivity index (χ2v) is 10.5. The molecule has 188 valence electrons. The highest BCUT2D eigenvalue weighted by atomic mass is 35.5. The van der Waals surface area contributed by atoms with E-state index in [9.17, 15) is 14.9 Å². The lowest BCUT2D eigenvalue weighted by atomic mass is 9.90. The second-order valence-electron chi connectivity index (χ2n) is 10.0. The standard InChI is InChI=1S/C28H30ClN3O4/c1-18(11-25(34)35)10-24(33)26-22-13-20(15-30)16-31-27(22)32(2)23(26)14-28(6-7-28)8-9-36-17-19-4-3-5-21(29)12-19/h3-5,12-13,16,18H,6-11,14,17H2,1-2H3,(H,34,35)/t18-/m0/s1. The minimum absolute atomic E-state index is 0.0518. The number of aryl methyl sites for hydroxylation is 1. The predicted molar refractivity (Wildman–Crippen MR) is 137 cm³/mol. The zero-order valence-corrected chi connectivity index (χ0v) is 21.3. The summed E-state index contributed by atoms with van der Waals surface area (Å²) in [7, 11) is 1.90. The van der Waals surface area contributed by atoms with Gasteiger partial charge < -0.3 is 14.4 Å². The number of hydrogen-bond acceptors (Lipinski definition) is 5. The number of hydrogen-bond donors (Lipinski definition) is 1. The van der Waals surface area contributed by atoms with Crippen LogP contribution >= 0.6 is 11.6 Å². The van der Waals surface area contributed by atoms with Gasteiger partial charge >= 0.3 is 5.97 Å². The average molecular weight is 508 g/mol. The fourth-order valence-corrected chi connectivity index (χ4v) is 5.09. The van der Waals surface area contributed by atoms with E-state index >= 15 is 0 Å². The van der Waals surface area contributed by atoms with Crippen molar-refractivity contribution in [3.63, 3.8) is 0 Å². The Balaban J connectivity index is 1.54. The molecule has 1 aromatic carbocycles. The molecule has 0 amide bonds. The molecule has 2 heterocycles. The van der Waals surface area contributed by atoms with Gasteiger partial charge in [-0.15, -0.1) is 0 Å². The van der Waals surface area contributed by atoms with Gasteiger partial charge in [0, 0.05) is 54.4 Å². The molecule has 0 saturated heterocycles. The number of halogens is 1. The summed E-state index contributed by atoms with van der Waals surface area (Å²) in [6, 6.07) is 11.5. The summed E-state index contributed by atoms with van der Waals surface area (Å²) in [5, 5.41) is 19.9. The third kappa shape index (κ3) is 5.95. The minimum Gasteiger partial charge on any atom is -0.481 e. The smallest absolute Gasteiger partial charge is 0.303 e. The Morgan fingerprint density at radius 3 is 2.75 bits per heavy atom. The summed E-state index contributed by atoms with van der Waals surface area (Å²) in [6.45, 7) is 2.87. The molecule has 8 heteroatoms. The van der Waals surface area contributed by atoms with Crippen LogP contribution in [-0.2, 0) is 29.6 Å². The lowest BCUT2D eigenvalue weighted by Crippen LogP contribution is -2.16. The van der Waals surface area contributed by atoms with Gasteiger partial charge in [-0.25, -0.2) is 4.98 Å². The Morgan fingerprint density at radius 2 is 2.08 bits per heavy atom. The zero-order valence-electron chi connectivity index (χ0n) is 20.6. The number of aliphatic carboxylic acids is 1. The largest absolute Gasteiger partial charge is 0.481 e. The zero-order chi connectivity index (χ0) is 25.9. The molecule has 1 fully saturated rings. The summed E-state index contributed by atoms with van der Waals surface area (Å²) < 4.78 is 7.90. The van der Waals surface area contributed by atoms with Gasteiger partial charge in [0.15, 0.2) is 5.78 Å². The molecule has 2 aromatic heterocycles. The van der Waals surface area contributed by atoms with Crippen molar-refractivity contribution in [2.75, 3.05) is 6.61 Å². The molecule has 0 spiro atoms. The fraction of sp³-hybridized carbons (Fsp3) is 0.429. The lowest BCUT2D eigenvalue weighted by molar-refractivity contribution is -0.137. The van der Waals surface area contributed by atoms with E-state index in [1.54, 1.807) is 13.0 Å². The van der Waals surface area contributed by atoms with Gasteiger partial charge in [0.1, 0.15) is 11.7 Å². The fourth-order valence-electron chi connectivity index (χ4n) is 4.88. The molecule has 0 bridgehead atoms. The first-order chi connectivity index (χ1) is 17.2. The molecule has 1 atom stereocenters. The highest BCUT2D eigenvalue weighted by Gasteiger charge is 2.44. The van der Waals surface area contributed by atoms with E-state index in [1.165, 1.54) is 6.20 Å². The number of ether oxygens (including phenoxy) is 1. The van der Waals surface area contributed by atoms with Crippen LogP contribution < -0.4 is 0 Å². The van der Waals surface area contributed by atoms with E-state index < -0.39 is 5.97 Å². The summed E-state index contributed by atoms with van der Waals surface area (Å²) in [4.78, 5) is 29.1. The van der Waals surface area contributed by atoms with Crippen LogP contribution in [0.15, 0.2) is 36.5 Å². The summed E-state index contributed by atoms with van der Waals surface area (Å²) >= 11 is 6.06. The number of carbonyl (C=O) groups excluding carboxylic acids is 1.